The van der Waals surface area contributed by atoms with E-state index in [0.717, 1.165) is 4.90 Å². The number of benzene rings is 1. The molecule has 1 unspecified atom stereocenters. The Morgan fingerprint density at radius 2 is 1.90 bits per heavy atom. The Bertz CT molecular complexity index is 946. The van der Waals surface area contributed by atoms with Gasteiger partial charge in [-0.15, -0.1) is 0 Å². The molecule has 1 aromatic rings. The number of non-ortho nitro benzene ring substituents is 1. The lowest BCUT2D eigenvalue weighted by Gasteiger charge is -2.51. The maximum absolute atomic E-state index is 12.4. The fraction of sp³-hybridized carbons (Fsp3) is 0.353. The molecule has 0 radical (unpaired) electrons. The number of Topliss-reactive ketones (excluding diaryl/α,β-unsaturated/α-hetero) is 1. The summed E-state index contributed by atoms with van der Waals surface area (Å²) in [5, 5.41) is 17.8. The summed E-state index contributed by atoms with van der Waals surface area (Å²) in [6.07, 6.45) is -2.17. The Morgan fingerprint density at radius 3 is 2.47 bits per heavy atom. The van der Waals surface area contributed by atoms with Crippen LogP contribution in [0.2, 0.25) is 0 Å². The molecule has 0 aliphatic carbocycles. The minimum Gasteiger partial charge on any atom is -0.479 e. The third-order valence-corrected chi connectivity index (χ3v) is 5.78. The lowest BCUT2D eigenvalue weighted by atomic mass is 9.89. The summed E-state index contributed by atoms with van der Waals surface area (Å²) >= 11 is 0.513. The third-order valence-electron chi connectivity index (χ3n) is 4.60. The highest BCUT2D eigenvalue weighted by Crippen LogP contribution is 2.43. The number of fused-ring (bicyclic) bond motifs is 1. The summed E-state index contributed by atoms with van der Waals surface area (Å²) in [5.74, 6) is -4.54. The molecule has 2 aliphatic rings. The Hall–Kier alpha value is -3.48. The van der Waals surface area contributed by atoms with E-state index in [4.69, 9.17) is 14.6 Å². The quantitative estimate of drug-likeness (QED) is 0.166. The number of rotatable bonds is 6. The van der Waals surface area contributed by atoms with Crippen LogP contribution in [-0.2, 0) is 35.3 Å². The predicted molar refractivity (Wildman–Crippen MR) is 97.0 cm³/mol. The fourth-order valence-corrected chi connectivity index (χ4v) is 4.37. The minimum atomic E-state index is -1.88. The van der Waals surface area contributed by atoms with E-state index in [1.165, 1.54) is 31.2 Å². The van der Waals surface area contributed by atoms with E-state index in [1.54, 1.807) is 0 Å². The van der Waals surface area contributed by atoms with Crippen LogP contribution in [0.5, 0.6) is 0 Å². The fourth-order valence-electron chi connectivity index (χ4n) is 3.10. The summed E-state index contributed by atoms with van der Waals surface area (Å²) in [5.41, 5.74) is 0.341. The molecule has 4 atom stereocenters. The van der Waals surface area contributed by atoms with Crippen molar-refractivity contribution in [3.63, 3.8) is 0 Å². The van der Waals surface area contributed by atoms with Gasteiger partial charge in [0.1, 0.15) is 24.0 Å². The maximum atomic E-state index is 12.4. The van der Waals surface area contributed by atoms with Crippen LogP contribution in [-0.4, -0.2) is 61.4 Å². The molecule has 1 aromatic carbocycles. The van der Waals surface area contributed by atoms with Gasteiger partial charge in [-0.3, -0.25) is 24.5 Å². The Balaban J connectivity index is 1.57. The largest absolute Gasteiger partial charge is 0.508 e. The first-order valence-electron chi connectivity index (χ1n) is 8.48. The molecule has 3 rings (SSSR count). The predicted octanol–water partition coefficient (Wildman–Crippen LogP) is 0.717. The number of carbonyl (C=O) groups excluding carboxylic acids is 4. The van der Waals surface area contributed by atoms with Crippen molar-refractivity contribution in [1.29, 1.82) is 0 Å². The number of carboxylic acid groups (broad SMARTS) is 1. The van der Waals surface area contributed by atoms with Crippen molar-refractivity contribution in [1.82, 2.24) is 4.90 Å². The highest BCUT2D eigenvalue weighted by atomic mass is 32.2. The molecule has 1 amide bonds. The van der Waals surface area contributed by atoms with Crippen molar-refractivity contribution in [3.05, 3.63) is 39.9 Å². The average molecular weight is 438 g/mol. The first-order chi connectivity index (χ1) is 14.1. The summed E-state index contributed by atoms with van der Waals surface area (Å²) < 4.78 is 9.95. The zero-order valence-electron chi connectivity index (χ0n) is 15.3. The van der Waals surface area contributed by atoms with Gasteiger partial charge in [-0.2, -0.15) is 0 Å². The van der Waals surface area contributed by atoms with Gasteiger partial charge >= 0.3 is 12.1 Å². The van der Waals surface area contributed by atoms with E-state index < -0.39 is 57.3 Å². The molecule has 2 aliphatic heterocycles. The van der Waals surface area contributed by atoms with E-state index in [0.29, 0.717) is 17.3 Å². The van der Waals surface area contributed by atoms with Gasteiger partial charge in [0.15, 0.2) is 6.04 Å². The second kappa shape index (κ2) is 8.10. The van der Waals surface area contributed by atoms with Crippen LogP contribution in [0.15, 0.2) is 24.3 Å². The van der Waals surface area contributed by atoms with Crippen molar-refractivity contribution in [3.8, 4) is 0 Å². The Labute approximate surface area is 172 Å². The van der Waals surface area contributed by atoms with Gasteiger partial charge in [0, 0.05) is 12.1 Å². The van der Waals surface area contributed by atoms with Crippen LogP contribution in [0.4, 0.5) is 10.5 Å². The molecule has 1 N–H and O–H groups in total. The number of carboxylic acids is 1. The number of hydrogen-bond acceptors (Lipinski definition) is 10. The number of nitro groups is 1. The third kappa shape index (κ3) is 3.83. The van der Waals surface area contributed by atoms with Gasteiger partial charge < -0.3 is 19.5 Å². The minimum absolute atomic E-state index is 0.124. The number of amides is 1. The van der Waals surface area contributed by atoms with E-state index in [9.17, 15) is 34.1 Å². The molecule has 0 spiro atoms. The number of hydrogen-bond donors (Lipinski definition) is 1. The molecule has 0 aromatic heterocycles. The molecule has 30 heavy (non-hydrogen) atoms. The molecular weight excluding hydrogens is 424 g/mol. The van der Waals surface area contributed by atoms with Crippen LogP contribution < -0.4 is 0 Å². The number of ether oxygens (including phenoxy) is 2. The molecule has 13 heteroatoms. The van der Waals surface area contributed by atoms with Crippen LogP contribution >= 0.6 is 11.8 Å². The molecule has 2 heterocycles. The molecule has 2 saturated heterocycles. The molecule has 158 valence electrons. The van der Waals surface area contributed by atoms with Gasteiger partial charge in [0.25, 0.3) is 10.8 Å². The second-order valence-corrected chi connectivity index (χ2v) is 7.55. The second-order valence-electron chi connectivity index (χ2n) is 6.46. The van der Waals surface area contributed by atoms with Crippen molar-refractivity contribution in [2.75, 3.05) is 0 Å². The number of thioether (sulfide) groups is 1. The van der Waals surface area contributed by atoms with Crippen molar-refractivity contribution in [2.45, 2.75) is 31.1 Å². The van der Waals surface area contributed by atoms with Crippen molar-refractivity contribution in [2.24, 2.45) is 5.92 Å². The molecule has 2 fully saturated rings. The van der Waals surface area contributed by atoms with Gasteiger partial charge in [-0.05, 0) is 24.6 Å². The SMILES string of the molecule is C[C@@H](OC(=O)OCc1ccc([N+](=O)[O-])cc1)[C@H]1C(=O)N2C(C(=O)O)C(=O)C(=O)S[C@@H]12. The molecule has 0 saturated carbocycles. The van der Waals surface area contributed by atoms with Gasteiger partial charge in [0.05, 0.1) is 4.92 Å². The molecule has 0 bridgehead atoms. The molecular formula is C17H14N2O10S. The van der Waals surface area contributed by atoms with Crippen LogP contribution in [0.25, 0.3) is 0 Å². The highest BCUT2D eigenvalue weighted by molar-refractivity contribution is 8.16. The zero-order valence-corrected chi connectivity index (χ0v) is 16.1. The first kappa shape index (κ1) is 21.2. The lowest BCUT2D eigenvalue weighted by molar-refractivity contribution is -0.384. The van der Waals surface area contributed by atoms with E-state index in [1.807, 2.05) is 0 Å². The monoisotopic (exact) mass is 438 g/mol. The Morgan fingerprint density at radius 1 is 1.27 bits per heavy atom. The van der Waals surface area contributed by atoms with E-state index in [-0.39, 0.29) is 12.3 Å². The first-order valence-corrected chi connectivity index (χ1v) is 9.36. The number of nitro benzene ring substituents is 1. The number of β-lactam (4-membered cyclic amide) rings is 1. The Kier molecular flexibility index (Phi) is 5.73. The molecule has 12 nitrogen and oxygen atoms in total. The topological polar surface area (TPSA) is 170 Å². The number of carbonyl (C=O) groups is 5. The summed E-state index contributed by atoms with van der Waals surface area (Å²) in [7, 11) is 0. The van der Waals surface area contributed by atoms with Gasteiger partial charge in [0.2, 0.25) is 11.7 Å². The van der Waals surface area contributed by atoms with Crippen molar-refractivity contribution < 1.29 is 43.5 Å². The smallest absolute Gasteiger partial charge is 0.479 e. The van der Waals surface area contributed by atoms with Crippen LogP contribution in [0.3, 0.4) is 0 Å². The van der Waals surface area contributed by atoms with Crippen LogP contribution in [0, 0.1) is 16.0 Å². The zero-order chi connectivity index (χ0) is 22.2. The number of aliphatic carboxylic acids is 1. The van der Waals surface area contributed by atoms with Gasteiger partial charge in [-0.25, -0.2) is 9.59 Å². The standard InChI is InChI=1S/C17H14N2O10S/c1-7(29-17(25)28-6-8-2-4-9(5-3-8)19(26)27)10-13(21)18-11(15(22)23)12(20)16(24)30-14(10)18/h2-5,7,10-11,14H,6H2,1H3,(H,22,23)/t7-,10+,11?,14+/m1/s1. The summed E-state index contributed by atoms with van der Waals surface area (Å²) in [6.45, 7) is 1.14. The average Bonchev–Trinajstić information content (AvgIpc) is 2.68. The number of nitrogens with zero attached hydrogens (tertiary/aromatic N) is 2. The van der Waals surface area contributed by atoms with Gasteiger partial charge in [-0.1, -0.05) is 11.8 Å². The van der Waals surface area contributed by atoms with Crippen molar-refractivity contribution >= 4 is 46.4 Å². The van der Waals surface area contributed by atoms with E-state index >= 15 is 0 Å². The summed E-state index contributed by atoms with van der Waals surface area (Å²) in [6, 6.07) is 3.40. The highest BCUT2D eigenvalue weighted by Gasteiger charge is 2.62. The van der Waals surface area contributed by atoms with Crippen LogP contribution in [0.1, 0.15) is 12.5 Å². The maximum Gasteiger partial charge on any atom is 0.508 e. The van der Waals surface area contributed by atoms with E-state index in [2.05, 4.69) is 0 Å². The lowest BCUT2D eigenvalue weighted by Crippen LogP contribution is -2.72. The summed E-state index contributed by atoms with van der Waals surface area (Å²) in [4.78, 5) is 69.9. The normalized spacial score (nSPS) is 23.8. The number of ketones is 1.